The van der Waals surface area contributed by atoms with E-state index < -0.39 is 5.60 Å². The van der Waals surface area contributed by atoms with Gasteiger partial charge in [0, 0.05) is 11.8 Å². The zero-order valence-electron chi connectivity index (χ0n) is 14.1. The monoisotopic (exact) mass is 321 g/mol. The lowest BCUT2D eigenvalue weighted by Crippen LogP contribution is -2.42. The summed E-state index contributed by atoms with van der Waals surface area (Å²) in [6.07, 6.45) is 5.45. The quantitative estimate of drug-likeness (QED) is 0.744. The van der Waals surface area contributed by atoms with Crippen LogP contribution in [0.4, 0.5) is 0 Å². The Kier molecular flexibility index (Phi) is 3.67. The van der Waals surface area contributed by atoms with E-state index in [-0.39, 0.29) is 35.8 Å². The lowest BCUT2D eigenvalue weighted by Gasteiger charge is -2.35. The number of ether oxygens (including phenoxy) is 2. The van der Waals surface area contributed by atoms with Gasteiger partial charge in [-0.3, -0.25) is 14.5 Å². The van der Waals surface area contributed by atoms with Gasteiger partial charge in [-0.1, -0.05) is 6.42 Å². The first-order valence-corrected chi connectivity index (χ1v) is 9.10. The predicted molar refractivity (Wildman–Crippen MR) is 83.5 cm³/mol. The van der Waals surface area contributed by atoms with Gasteiger partial charge in [-0.05, 0) is 58.5 Å². The second-order valence-electron chi connectivity index (χ2n) is 8.34. The highest BCUT2D eigenvalue weighted by molar-refractivity contribution is 5.77. The van der Waals surface area contributed by atoms with Crippen LogP contribution in [0.2, 0.25) is 0 Å². The molecule has 2 heterocycles. The molecule has 0 N–H and O–H groups in total. The van der Waals surface area contributed by atoms with Crippen molar-refractivity contribution in [3.63, 3.8) is 0 Å². The predicted octanol–water partition coefficient (Wildman–Crippen LogP) is 1.99. The molecular weight excluding hydrogens is 294 g/mol. The SMILES string of the molecule is CC1(C)OC(=O)C2C3CC(OC(=O)CN4CCCCC4)C(C3)C21. The smallest absolute Gasteiger partial charge is 0.320 e. The van der Waals surface area contributed by atoms with Crippen LogP contribution in [0.15, 0.2) is 0 Å². The van der Waals surface area contributed by atoms with E-state index in [4.69, 9.17) is 9.47 Å². The molecule has 4 fully saturated rings. The number of fused-ring (bicyclic) bond motifs is 5. The van der Waals surface area contributed by atoms with Crippen LogP contribution in [-0.4, -0.2) is 48.2 Å². The highest BCUT2D eigenvalue weighted by Gasteiger charge is 2.66. The Balaban J connectivity index is 1.38. The van der Waals surface area contributed by atoms with Crippen molar-refractivity contribution in [1.82, 2.24) is 4.90 Å². The van der Waals surface area contributed by atoms with Gasteiger partial charge in [0.15, 0.2) is 0 Å². The minimum atomic E-state index is -0.418. The molecule has 2 saturated carbocycles. The number of carbonyl (C=O) groups is 2. The van der Waals surface area contributed by atoms with Gasteiger partial charge in [-0.15, -0.1) is 0 Å². The first kappa shape index (κ1) is 15.4. The van der Waals surface area contributed by atoms with Gasteiger partial charge in [0.1, 0.15) is 11.7 Å². The van der Waals surface area contributed by atoms with Crippen LogP contribution in [0, 0.1) is 23.7 Å². The van der Waals surface area contributed by atoms with E-state index in [1.54, 1.807) is 0 Å². The maximum Gasteiger partial charge on any atom is 0.320 e. The van der Waals surface area contributed by atoms with Crippen LogP contribution < -0.4 is 0 Å². The third kappa shape index (κ3) is 2.57. The zero-order valence-corrected chi connectivity index (χ0v) is 14.1. The van der Waals surface area contributed by atoms with Gasteiger partial charge >= 0.3 is 11.9 Å². The van der Waals surface area contributed by atoms with Crippen LogP contribution >= 0.6 is 0 Å². The lowest BCUT2D eigenvalue weighted by molar-refractivity contribution is -0.156. The Hall–Kier alpha value is -1.10. The number of nitrogens with zero attached hydrogens (tertiary/aromatic N) is 1. The van der Waals surface area contributed by atoms with E-state index in [1.807, 2.05) is 13.8 Å². The third-order valence-corrected chi connectivity index (χ3v) is 6.47. The van der Waals surface area contributed by atoms with Crippen molar-refractivity contribution in [3.05, 3.63) is 0 Å². The van der Waals surface area contributed by atoms with Crippen LogP contribution in [0.3, 0.4) is 0 Å². The number of likely N-dealkylation sites (tertiary alicyclic amines) is 1. The van der Waals surface area contributed by atoms with E-state index in [0.29, 0.717) is 12.5 Å². The molecule has 0 amide bonds. The molecule has 4 rings (SSSR count). The topological polar surface area (TPSA) is 55.8 Å². The molecule has 5 unspecified atom stereocenters. The molecule has 2 saturated heterocycles. The van der Waals surface area contributed by atoms with Gasteiger partial charge in [0.05, 0.1) is 12.5 Å². The number of carbonyl (C=O) groups excluding carboxylic acids is 2. The maximum absolute atomic E-state index is 12.3. The molecule has 5 nitrogen and oxygen atoms in total. The average Bonchev–Trinajstić information content (AvgIpc) is 3.11. The van der Waals surface area contributed by atoms with Gasteiger partial charge in [0.2, 0.25) is 0 Å². The fraction of sp³-hybridized carbons (Fsp3) is 0.889. The average molecular weight is 321 g/mol. The van der Waals surface area contributed by atoms with Crippen molar-refractivity contribution in [3.8, 4) is 0 Å². The van der Waals surface area contributed by atoms with Gasteiger partial charge < -0.3 is 9.47 Å². The van der Waals surface area contributed by atoms with Gasteiger partial charge in [-0.2, -0.15) is 0 Å². The Labute approximate surface area is 137 Å². The minimum Gasteiger partial charge on any atom is -0.461 e. The molecule has 0 aromatic heterocycles. The van der Waals surface area contributed by atoms with Crippen LogP contribution in [0.1, 0.15) is 46.0 Å². The molecule has 2 bridgehead atoms. The molecule has 5 atom stereocenters. The summed E-state index contributed by atoms with van der Waals surface area (Å²) in [5.41, 5.74) is -0.418. The Morgan fingerprint density at radius 2 is 2.00 bits per heavy atom. The number of piperidine rings is 1. The first-order valence-electron chi connectivity index (χ1n) is 9.10. The van der Waals surface area contributed by atoms with Crippen molar-refractivity contribution in [2.45, 2.75) is 57.7 Å². The first-order chi connectivity index (χ1) is 11.0. The highest BCUT2D eigenvalue weighted by atomic mass is 16.6. The fourth-order valence-corrected chi connectivity index (χ4v) is 5.63. The molecule has 23 heavy (non-hydrogen) atoms. The van der Waals surface area contributed by atoms with Crippen LogP contribution in [-0.2, 0) is 19.1 Å². The molecule has 2 aliphatic heterocycles. The van der Waals surface area contributed by atoms with E-state index in [0.717, 1.165) is 25.9 Å². The number of hydrogen-bond acceptors (Lipinski definition) is 5. The summed E-state index contributed by atoms with van der Waals surface area (Å²) < 4.78 is 11.4. The van der Waals surface area contributed by atoms with Crippen molar-refractivity contribution in [1.29, 1.82) is 0 Å². The molecule has 128 valence electrons. The Bertz CT molecular complexity index is 511. The maximum atomic E-state index is 12.3. The van der Waals surface area contributed by atoms with E-state index in [1.165, 1.54) is 19.3 Å². The molecule has 0 spiro atoms. The molecular formula is C18H27NO4. The van der Waals surface area contributed by atoms with E-state index >= 15 is 0 Å². The Morgan fingerprint density at radius 1 is 1.26 bits per heavy atom. The summed E-state index contributed by atoms with van der Waals surface area (Å²) in [5, 5.41) is 0. The zero-order chi connectivity index (χ0) is 16.2. The lowest BCUT2D eigenvalue weighted by atomic mass is 9.72. The van der Waals surface area contributed by atoms with E-state index in [2.05, 4.69) is 4.90 Å². The fourth-order valence-electron chi connectivity index (χ4n) is 5.63. The molecule has 0 radical (unpaired) electrons. The van der Waals surface area contributed by atoms with Crippen LogP contribution in [0.5, 0.6) is 0 Å². The van der Waals surface area contributed by atoms with Gasteiger partial charge in [-0.25, -0.2) is 0 Å². The summed E-state index contributed by atoms with van der Waals surface area (Å²) in [6.45, 7) is 6.43. The number of esters is 2. The minimum absolute atomic E-state index is 0.0210. The second-order valence-corrected chi connectivity index (χ2v) is 8.34. The van der Waals surface area contributed by atoms with Crippen molar-refractivity contribution in [2.75, 3.05) is 19.6 Å². The Morgan fingerprint density at radius 3 is 2.74 bits per heavy atom. The molecule has 0 aromatic rings. The highest BCUT2D eigenvalue weighted by Crippen LogP contribution is 2.60. The van der Waals surface area contributed by atoms with Crippen molar-refractivity contribution < 1.29 is 19.1 Å². The second kappa shape index (κ2) is 5.47. The molecule has 5 heteroatoms. The molecule has 2 aliphatic carbocycles. The third-order valence-electron chi connectivity index (χ3n) is 6.47. The van der Waals surface area contributed by atoms with Crippen molar-refractivity contribution >= 4 is 11.9 Å². The van der Waals surface area contributed by atoms with E-state index in [9.17, 15) is 9.59 Å². The summed E-state index contributed by atoms with van der Waals surface area (Å²) in [4.78, 5) is 26.6. The summed E-state index contributed by atoms with van der Waals surface area (Å²) in [6, 6.07) is 0. The molecule has 4 aliphatic rings. The summed E-state index contributed by atoms with van der Waals surface area (Å²) >= 11 is 0. The number of cyclic esters (lactones) is 1. The van der Waals surface area contributed by atoms with Crippen LogP contribution in [0.25, 0.3) is 0 Å². The number of rotatable bonds is 3. The number of hydrogen-bond donors (Lipinski definition) is 0. The standard InChI is InChI=1S/C18H27NO4/c1-18(2)16-12-8-11(15(16)17(21)23-18)9-13(12)22-14(20)10-19-6-4-3-5-7-19/h11-13,15-16H,3-10H2,1-2H3. The normalized spacial score (nSPS) is 41.7. The van der Waals surface area contributed by atoms with Gasteiger partial charge in [0.25, 0.3) is 0 Å². The largest absolute Gasteiger partial charge is 0.461 e. The summed E-state index contributed by atoms with van der Waals surface area (Å²) in [5.74, 6) is 0.743. The summed E-state index contributed by atoms with van der Waals surface area (Å²) in [7, 11) is 0. The van der Waals surface area contributed by atoms with Crippen molar-refractivity contribution in [2.24, 2.45) is 23.7 Å². The molecule has 0 aromatic carbocycles.